The maximum absolute atomic E-state index is 11.3. The Labute approximate surface area is 124 Å². The van der Waals surface area contributed by atoms with Gasteiger partial charge in [-0.15, -0.1) is 0 Å². The highest BCUT2D eigenvalue weighted by molar-refractivity contribution is 5.98. The number of piperidine rings is 1. The zero-order chi connectivity index (χ0) is 14.7. The second-order valence-electron chi connectivity index (χ2n) is 5.53. The van der Waals surface area contributed by atoms with E-state index in [1.54, 1.807) is 13.3 Å². The summed E-state index contributed by atoms with van der Waals surface area (Å²) in [6.45, 7) is 3.90. The summed E-state index contributed by atoms with van der Waals surface area (Å²) in [4.78, 5) is 22.4. The van der Waals surface area contributed by atoms with Gasteiger partial charge in [-0.2, -0.15) is 0 Å². The summed E-state index contributed by atoms with van der Waals surface area (Å²) < 4.78 is 5.11. The number of aromatic nitrogens is 2. The van der Waals surface area contributed by atoms with E-state index in [9.17, 15) is 4.79 Å². The number of carbonyl (C=O) groups excluding carboxylic acids is 1. The van der Waals surface area contributed by atoms with E-state index in [1.165, 1.54) is 0 Å². The van der Waals surface area contributed by atoms with Crippen molar-refractivity contribution in [3.8, 4) is 0 Å². The third-order valence-corrected chi connectivity index (χ3v) is 4.00. The van der Waals surface area contributed by atoms with Crippen LogP contribution in [0.5, 0.6) is 0 Å². The molecule has 114 valence electrons. The van der Waals surface area contributed by atoms with Crippen molar-refractivity contribution in [3.05, 3.63) is 11.9 Å². The number of carbonyl (C=O) groups is 1. The van der Waals surface area contributed by atoms with Crippen LogP contribution in [0.2, 0.25) is 0 Å². The average Bonchev–Trinajstić information content (AvgIpc) is 2.86. The highest BCUT2D eigenvalue weighted by atomic mass is 16.5. The molecule has 1 aromatic heterocycles. The lowest BCUT2D eigenvalue weighted by molar-refractivity contribution is -0.115. The molecule has 0 spiro atoms. The highest BCUT2D eigenvalue weighted by Crippen LogP contribution is 2.21. The van der Waals surface area contributed by atoms with Crippen molar-refractivity contribution < 1.29 is 9.53 Å². The van der Waals surface area contributed by atoms with Crippen molar-refractivity contribution in [2.75, 3.05) is 44.0 Å². The van der Waals surface area contributed by atoms with Gasteiger partial charge in [0.2, 0.25) is 11.9 Å². The molecule has 0 radical (unpaired) electrons. The van der Waals surface area contributed by atoms with Gasteiger partial charge in [0.15, 0.2) is 0 Å². The maximum atomic E-state index is 11.3. The molecule has 2 N–H and O–H groups in total. The molecule has 1 saturated heterocycles. The van der Waals surface area contributed by atoms with Crippen LogP contribution in [0.1, 0.15) is 18.5 Å². The number of rotatable bonds is 5. The minimum Gasteiger partial charge on any atom is -0.383 e. The van der Waals surface area contributed by atoms with Crippen LogP contribution < -0.4 is 10.6 Å². The van der Waals surface area contributed by atoms with Gasteiger partial charge in [-0.3, -0.25) is 4.79 Å². The molecule has 0 aromatic carbocycles. The zero-order valence-electron chi connectivity index (χ0n) is 12.3. The van der Waals surface area contributed by atoms with Crippen LogP contribution >= 0.6 is 0 Å². The number of anilines is 2. The average molecular weight is 291 g/mol. The summed E-state index contributed by atoms with van der Waals surface area (Å²) in [7, 11) is 1.74. The number of fused-ring (bicyclic) bond motifs is 1. The summed E-state index contributed by atoms with van der Waals surface area (Å²) in [5.41, 5.74) is 1.52. The van der Waals surface area contributed by atoms with Crippen LogP contribution in [0.4, 0.5) is 11.6 Å². The molecular formula is C14H21N5O2. The van der Waals surface area contributed by atoms with E-state index in [0.717, 1.165) is 50.5 Å². The van der Waals surface area contributed by atoms with Crippen LogP contribution in [-0.2, 0) is 16.0 Å². The second-order valence-corrected chi connectivity index (χ2v) is 5.53. The van der Waals surface area contributed by atoms with Gasteiger partial charge in [0.1, 0.15) is 0 Å². The quantitative estimate of drug-likeness (QED) is 0.822. The first kappa shape index (κ1) is 14.2. The molecule has 3 rings (SSSR count). The van der Waals surface area contributed by atoms with E-state index in [1.807, 2.05) is 0 Å². The first-order chi connectivity index (χ1) is 10.2. The predicted octanol–water partition coefficient (Wildman–Crippen LogP) is 0.494. The van der Waals surface area contributed by atoms with Gasteiger partial charge in [0.05, 0.1) is 30.6 Å². The summed E-state index contributed by atoms with van der Waals surface area (Å²) in [6.07, 6.45) is 4.17. The minimum absolute atomic E-state index is 0.0112. The van der Waals surface area contributed by atoms with Crippen molar-refractivity contribution in [2.45, 2.75) is 25.3 Å². The molecule has 0 saturated carbocycles. The Morgan fingerprint density at radius 3 is 3.05 bits per heavy atom. The lowest BCUT2D eigenvalue weighted by Crippen LogP contribution is -2.40. The van der Waals surface area contributed by atoms with E-state index in [2.05, 4.69) is 25.5 Å². The van der Waals surface area contributed by atoms with E-state index in [0.29, 0.717) is 18.4 Å². The number of hydrogen-bond donors (Lipinski definition) is 2. The first-order valence-electron chi connectivity index (χ1n) is 7.38. The van der Waals surface area contributed by atoms with Crippen molar-refractivity contribution in [3.63, 3.8) is 0 Å². The molecule has 0 atom stereocenters. The molecule has 0 aliphatic carbocycles. The molecular weight excluding hydrogens is 270 g/mol. The standard InChI is InChI=1S/C14H21N5O2/c1-21-7-6-19-4-2-10(3-5-19)16-14-15-9-12-11(18-14)8-13(20)17-12/h9-10H,2-8H2,1H3,(H,17,20)(H,15,16,18). The molecule has 0 unspecified atom stereocenters. The SMILES string of the molecule is COCCN1CCC(Nc2ncc3c(n2)CC(=O)N3)CC1. The topological polar surface area (TPSA) is 79.4 Å². The third-order valence-electron chi connectivity index (χ3n) is 4.00. The molecule has 1 aromatic rings. The molecule has 7 nitrogen and oxygen atoms in total. The maximum Gasteiger partial charge on any atom is 0.230 e. The number of likely N-dealkylation sites (tertiary alicyclic amines) is 1. The fraction of sp³-hybridized carbons (Fsp3) is 0.643. The van der Waals surface area contributed by atoms with E-state index < -0.39 is 0 Å². The van der Waals surface area contributed by atoms with Crippen molar-refractivity contribution in [1.82, 2.24) is 14.9 Å². The van der Waals surface area contributed by atoms with E-state index >= 15 is 0 Å². The minimum atomic E-state index is -0.0112. The van der Waals surface area contributed by atoms with Gasteiger partial charge < -0.3 is 20.3 Å². The van der Waals surface area contributed by atoms with Gasteiger partial charge in [0.25, 0.3) is 0 Å². The Morgan fingerprint density at radius 2 is 2.29 bits per heavy atom. The van der Waals surface area contributed by atoms with Gasteiger partial charge >= 0.3 is 0 Å². The zero-order valence-corrected chi connectivity index (χ0v) is 12.3. The number of methoxy groups -OCH3 is 1. The fourth-order valence-corrected chi connectivity index (χ4v) is 2.78. The van der Waals surface area contributed by atoms with Crippen LogP contribution in [0, 0.1) is 0 Å². The van der Waals surface area contributed by atoms with Gasteiger partial charge in [0, 0.05) is 32.8 Å². The molecule has 1 fully saturated rings. The molecule has 2 aliphatic rings. The molecule has 2 aliphatic heterocycles. The van der Waals surface area contributed by atoms with Gasteiger partial charge in [-0.05, 0) is 12.8 Å². The van der Waals surface area contributed by atoms with Crippen LogP contribution in [0.25, 0.3) is 0 Å². The third kappa shape index (κ3) is 3.48. The number of amides is 1. The summed E-state index contributed by atoms with van der Waals surface area (Å²) in [6, 6.07) is 0.395. The summed E-state index contributed by atoms with van der Waals surface area (Å²) in [5, 5.41) is 6.13. The normalized spacial score (nSPS) is 19.4. The number of nitrogens with one attached hydrogen (secondary N) is 2. The number of ether oxygens (including phenoxy) is 1. The van der Waals surface area contributed by atoms with Crippen LogP contribution in [0.3, 0.4) is 0 Å². The molecule has 3 heterocycles. The van der Waals surface area contributed by atoms with Crippen LogP contribution in [0.15, 0.2) is 6.20 Å². The molecule has 0 bridgehead atoms. The van der Waals surface area contributed by atoms with Gasteiger partial charge in [-0.1, -0.05) is 0 Å². The lowest BCUT2D eigenvalue weighted by atomic mass is 10.1. The predicted molar refractivity (Wildman–Crippen MR) is 79.3 cm³/mol. The fourth-order valence-electron chi connectivity index (χ4n) is 2.78. The first-order valence-corrected chi connectivity index (χ1v) is 7.38. The molecule has 1 amide bonds. The Bertz CT molecular complexity index is 514. The van der Waals surface area contributed by atoms with Crippen LogP contribution in [-0.4, -0.2) is 60.2 Å². The largest absolute Gasteiger partial charge is 0.383 e. The lowest BCUT2D eigenvalue weighted by Gasteiger charge is -2.32. The highest BCUT2D eigenvalue weighted by Gasteiger charge is 2.22. The van der Waals surface area contributed by atoms with Crippen molar-refractivity contribution in [2.24, 2.45) is 0 Å². The van der Waals surface area contributed by atoms with E-state index in [-0.39, 0.29) is 5.91 Å². The monoisotopic (exact) mass is 291 g/mol. The Hall–Kier alpha value is -1.73. The molecule has 21 heavy (non-hydrogen) atoms. The molecule has 7 heteroatoms. The van der Waals surface area contributed by atoms with Gasteiger partial charge in [-0.25, -0.2) is 9.97 Å². The summed E-state index contributed by atoms with van der Waals surface area (Å²) >= 11 is 0. The van der Waals surface area contributed by atoms with E-state index in [4.69, 9.17) is 4.74 Å². The Balaban J connectivity index is 1.52. The van der Waals surface area contributed by atoms with Crippen molar-refractivity contribution in [1.29, 1.82) is 0 Å². The summed E-state index contributed by atoms with van der Waals surface area (Å²) in [5.74, 6) is 0.614. The second kappa shape index (κ2) is 6.36. The Morgan fingerprint density at radius 1 is 1.48 bits per heavy atom. The number of nitrogens with zero attached hydrogens (tertiary/aromatic N) is 3. The van der Waals surface area contributed by atoms with Crippen molar-refractivity contribution >= 4 is 17.5 Å². The Kier molecular flexibility index (Phi) is 4.31. The smallest absolute Gasteiger partial charge is 0.230 e. The number of hydrogen-bond acceptors (Lipinski definition) is 6.